The van der Waals surface area contributed by atoms with Crippen LogP contribution in [0.15, 0.2) is 71.1 Å². The highest BCUT2D eigenvalue weighted by Gasteiger charge is 2.38. The molecule has 0 radical (unpaired) electrons. The molecule has 1 aromatic carbocycles. The smallest absolute Gasteiger partial charge is 0.234 e. The highest BCUT2D eigenvalue weighted by Crippen LogP contribution is 2.36. The predicted octanol–water partition coefficient (Wildman–Crippen LogP) is 4.20. The number of amides is 2. The number of piperazine rings is 1. The van der Waals surface area contributed by atoms with E-state index in [4.69, 9.17) is 9.98 Å². The molecular formula is C46H65N11O3. The van der Waals surface area contributed by atoms with Gasteiger partial charge < -0.3 is 35.1 Å². The van der Waals surface area contributed by atoms with Gasteiger partial charge in [0, 0.05) is 88.3 Å². The summed E-state index contributed by atoms with van der Waals surface area (Å²) in [5, 5.41) is 9.12. The van der Waals surface area contributed by atoms with Crippen LogP contribution in [0.25, 0.3) is 0 Å². The van der Waals surface area contributed by atoms with Gasteiger partial charge in [0.05, 0.1) is 23.5 Å². The number of hydrogen-bond donors (Lipinski definition) is 3. The van der Waals surface area contributed by atoms with E-state index >= 15 is 0 Å². The summed E-state index contributed by atoms with van der Waals surface area (Å²) in [6, 6.07) is 13.6. The largest absolute Gasteiger partial charge is 0.372 e. The van der Waals surface area contributed by atoms with E-state index in [1.54, 1.807) is 0 Å². The quantitative estimate of drug-likeness (QED) is 0.248. The fourth-order valence-corrected chi connectivity index (χ4v) is 10.2. The number of nitrogens with zero attached hydrogens (tertiary/aromatic N) is 8. The molecule has 6 aliphatic heterocycles. The Bertz CT molecular complexity index is 1890. The summed E-state index contributed by atoms with van der Waals surface area (Å²) in [5.74, 6) is 1.56. The molecule has 60 heavy (non-hydrogen) atoms. The van der Waals surface area contributed by atoms with Gasteiger partial charge in [0.1, 0.15) is 5.82 Å². The molecule has 1 saturated carbocycles. The number of carbonyl (C=O) groups is 3. The van der Waals surface area contributed by atoms with Crippen molar-refractivity contribution in [2.75, 3.05) is 95.2 Å². The Morgan fingerprint density at radius 3 is 2.20 bits per heavy atom. The molecule has 7 aliphatic rings. The van der Waals surface area contributed by atoms with Crippen molar-refractivity contribution < 1.29 is 14.4 Å². The summed E-state index contributed by atoms with van der Waals surface area (Å²) in [6.45, 7) is 9.87. The average Bonchev–Trinajstić information content (AvgIpc) is 3.92. The summed E-state index contributed by atoms with van der Waals surface area (Å²) in [6.07, 6.45) is 17.3. The molecular weight excluding hydrogens is 755 g/mol. The van der Waals surface area contributed by atoms with E-state index in [1.807, 2.05) is 50.6 Å². The lowest BCUT2D eigenvalue weighted by Gasteiger charge is -2.45. The third-order valence-electron chi connectivity index (χ3n) is 13.3. The van der Waals surface area contributed by atoms with Crippen LogP contribution in [0.5, 0.6) is 0 Å². The van der Waals surface area contributed by atoms with Crippen molar-refractivity contribution in [2.45, 2.75) is 88.4 Å². The zero-order chi connectivity index (χ0) is 41.6. The number of aromatic nitrogens is 1. The van der Waals surface area contributed by atoms with Crippen LogP contribution in [0.4, 0.5) is 17.2 Å². The lowest BCUT2D eigenvalue weighted by atomic mass is 9.90. The molecule has 14 nitrogen and oxygen atoms in total. The molecule has 0 spiro atoms. The first kappa shape index (κ1) is 41.9. The molecule has 14 heteroatoms. The number of fused-ring (bicyclic) bond motifs is 1. The number of rotatable bonds is 9. The van der Waals surface area contributed by atoms with Gasteiger partial charge in [-0.05, 0) is 114 Å². The Labute approximate surface area is 356 Å². The van der Waals surface area contributed by atoms with Crippen LogP contribution in [0.2, 0.25) is 0 Å². The van der Waals surface area contributed by atoms with Crippen LogP contribution in [0, 0.1) is 5.92 Å². The number of pyridine rings is 1. The highest BCUT2D eigenvalue weighted by atomic mass is 16.2. The second kappa shape index (κ2) is 19.3. The van der Waals surface area contributed by atoms with Gasteiger partial charge in [-0.2, -0.15) is 0 Å². The summed E-state index contributed by atoms with van der Waals surface area (Å²) in [4.78, 5) is 60.1. The molecule has 3 N–H and O–H groups in total. The van der Waals surface area contributed by atoms with E-state index in [0.29, 0.717) is 30.9 Å². The first-order valence-corrected chi connectivity index (χ1v) is 22.4. The molecule has 1 aliphatic carbocycles. The SMILES string of the molecule is CN(C)C.O=CC1=CC2=CNC(Nc3ccc(N4CCN(C5CCCN(CC6CCN(c7ccc(C8CCC(=O)NC8=O)cc7)CC6)C5)CC4)cn3)=NC2N1C1CCCC1. The van der Waals surface area contributed by atoms with Crippen molar-refractivity contribution in [1.82, 2.24) is 35.2 Å². The van der Waals surface area contributed by atoms with E-state index in [-0.39, 0.29) is 23.9 Å². The Morgan fingerprint density at radius 2 is 1.52 bits per heavy atom. The van der Waals surface area contributed by atoms with Gasteiger partial charge >= 0.3 is 0 Å². The molecule has 3 atom stereocenters. The van der Waals surface area contributed by atoms with Crippen molar-refractivity contribution in [3.8, 4) is 0 Å². The van der Waals surface area contributed by atoms with E-state index in [1.165, 1.54) is 63.8 Å². The van der Waals surface area contributed by atoms with Gasteiger partial charge in [0.25, 0.3) is 0 Å². The zero-order valence-electron chi connectivity index (χ0n) is 35.9. The van der Waals surface area contributed by atoms with Gasteiger partial charge in [-0.25, -0.2) is 9.98 Å². The maximum atomic E-state index is 12.3. The highest BCUT2D eigenvalue weighted by molar-refractivity contribution is 6.01. The summed E-state index contributed by atoms with van der Waals surface area (Å²) < 4.78 is 0. The van der Waals surface area contributed by atoms with Gasteiger partial charge in [-0.3, -0.25) is 24.6 Å². The fourth-order valence-electron chi connectivity index (χ4n) is 10.2. The maximum absolute atomic E-state index is 12.3. The lowest BCUT2D eigenvalue weighted by Crippen LogP contribution is -2.55. The number of aliphatic imine (C=N–C) groups is 1. The van der Waals surface area contributed by atoms with Crippen molar-refractivity contribution in [3.05, 3.63) is 71.7 Å². The first-order valence-electron chi connectivity index (χ1n) is 22.4. The fraction of sp³-hybridized carbons (Fsp3) is 0.587. The number of allylic oxidation sites excluding steroid dienone is 1. The number of likely N-dealkylation sites (tertiary alicyclic amines) is 1. The first-order chi connectivity index (χ1) is 29.2. The van der Waals surface area contributed by atoms with Gasteiger partial charge in [0.2, 0.25) is 17.8 Å². The second-order valence-electron chi connectivity index (χ2n) is 18.1. The summed E-state index contributed by atoms with van der Waals surface area (Å²) >= 11 is 0. The minimum absolute atomic E-state index is 0.166. The van der Waals surface area contributed by atoms with Crippen LogP contribution in [0.3, 0.4) is 0 Å². The second-order valence-corrected chi connectivity index (χ2v) is 18.1. The number of imide groups is 1. The molecule has 3 unspecified atom stereocenters. The molecule has 9 rings (SSSR count). The number of carbonyl (C=O) groups excluding carboxylic acids is 3. The van der Waals surface area contributed by atoms with Crippen molar-refractivity contribution in [2.24, 2.45) is 10.9 Å². The molecule has 2 amide bonds. The third kappa shape index (κ3) is 10.0. The number of aldehydes is 1. The van der Waals surface area contributed by atoms with Gasteiger partial charge in [-0.1, -0.05) is 25.0 Å². The maximum Gasteiger partial charge on any atom is 0.234 e. The van der Waals surface area contributed by atoms with E-state index in [9.17, 15) is 14.4 Å². The molecule has 4 saturated heterocycles. The van der Waals surface area contributed by atoms with Crippen molar-refractivity contribution >= 4 is 41.3 Å². The monoisotopic (exact) mass is 820 g/mol. The van der Waals surface area contributed by atoms with E-state index < -0.39 is 0 Å². The minimum Gasteiger partial charge on any atom is -0.372 e. The van der Waals surface area contributed by atoms with Crippen LogP contribution >= 0.6 is 0 Å². The van der Waals surface area contributed by atoms with Crippen LogP contribution < -0.4 is 25.8 Å². The van der Waals surface area contributed by atoms with Gasteiger partial charge in [-0.15, -0.1) is 0 Å². The van der Waals surface area contributed by atoms with Crippen molar-refractivity contribution in [1.29, 1.82) is 0 Å². The van der Waals surface area contributed by atoms with E-state index in [2.05, 4.69) is 70.8 Å². The zero-order valence-corrected chi connectivity index (χ0v) is 35.9. The Hall–Kier alpha value is -4.79. The Balaban J connectivity index is 0.00000120. The minimum atomic E-state index is -0.227. The van der Waals surface area contributed by atoms with Crippen molar-refractivity contribution in [3.63, 3.8) is 0 Å². The Morgan fingerprint density at radius 1 is 0.817 bits per heavy atom. The molecule has 2 aromatic rings. The van der Waals surface area contributed by atoms with Crippen LogP contribution in [-0.4, -0.2) is 147 Å². The number of hydrogen-bond acceptors (Lipinski definition) is 13. The average molecular weight is 820 g/mol. The topological polar surface area (TPSA) is 132 Å². The molecule has 7 heterocycles. The standard InChI is InChI=1S/C43H56N10O3.C3H9N/c54-29-37-24-32-25-45-43(48-41(32)53(37)34-4-1-2-5-34)46-39-13-11-35(26-44-39)51-20-22-52(23-21-51)36-6-3-17-49(28-36)27-30-15-18-50(19-16-30)33-9-7-31(8-10-33)38-12-14-40(55)47-42(38)56;1-4(2)3/h7-11,13,24-26,29-30,34,36,38,41H,1-6,12,14-23,27-28H2,(H,47,55,56)(H2,44,45,46,48);1-3H3. The third-order valence-corrected chi connectivity index (χ3v) is 13.3. The van der Waals surface area contributed by atoms with Crippen LogP contribution in [-0.2, 0) is 14.4 Å². The normalized spacial score (nSPS) is 25.8. The number of benzene rings is 1. The van der Waals surface area contributed by atoms with Crippen LogP contribution in [0.1, 0.15) is 75.7 Å². The number of piperidine rings is 3. The summed E-state index contributed by atoms with van der Waals surface area (Å²) in [5.41, 5.74) is 5.14. The molecule has 5 fully saturated rings. The number of nitrogens with one attached hydrogen (secondary N) is 3. The summed E-state index contributed by atoms with van der Waals surface area (Å²) in [7, 11) is 6.00. The number of anilines is 3. The van der Waals surface area contributed by atoms with E-state index in [0.717, 1.165) is 92.7 Å². The molecule has 0 bridgehead atoms. The molecule has 1 aromatic heterocycles. The lowest BCUT2D eigenvalue weighted by molar-refractivity contribution is -0.134. The van der Waals surface area contributed by atoms with Gasteiger partial charge in [0.15, 0.2) is 12.5 Å². The number of guanidine groups is 1. The Kier molecular flexibility index (Phi) is 13.5. The molecule has 322 valence electrons. The predicted molar refractivity (Wildman–Crippen MR) is 238 cm³/mol.